The fourth-order valence-corrected chi connectivity index (χ4v) is 2.88. The first kappa shape index (κ1) is 15.4. The van der Waals surface area contributed by atoms with Gasteiger partial charge in [-0.15, -0.1) is 0 Å². The average Bonchev–Trinajstić information content (AvgIpc) is 3.01. The van der Waals surface area contributed by atoms with E-state index in [0.29, 0.717) is 5.02 Å². The van der Waals surface area contributed by atoms with E-state index in [0.717, 1.165) is 33.9 Å². The summed E-state index contributed by atoms with van der Waals surface area (Å²) in [6.07, 6.45) is 3.09. The summed E-state index contributed by atoms with van der Waals surface area (Å²) in [4.78, 5) is 3.93. The van der Waals surface area contributed by atoms with Crippen molar-refractivity contribution in [3.8, 4) is 11.4 Å². The minimum Gasteiger partial charge on any atom is -0.496 e. The second-order valence-corrected chi connectivity index (χ2v) is 5.68. The number of ether oxygens (including phenoxy) is 1. The number of hydrogen-bond acceptors (Lipinski definition) is 4. The standard InChI is InChI=1S/C17H17ClN4O/c1-11-6-14(7-12(2)17(11)23-3)21-13-4-5-16(15(18)8-13)22-10-19-9-20-22/h4-10,21H,1-3H3. The third-order valence-electron chi connectivity index (χ3n) is 3.57. The van der Waals surface area contributed by atoms with Gasteiger partial charge in [-0.05, 0) is 55.3 Å². The molecule has 118 valence electrons. The molecule has 0 spiro atoms. The van der Waals surface area contributed by atoms with Gasteiger partial charge in [-0.1, -0.05) is 11.6 Å². The van der Waals surface area contributed by atoms with Crippen LogP contribution < -0.4 is 10.1 Å². The molecule has 0 saturated carbocycles. The molecule has 0 radical (unpaired) electrons. The number of aryl methyl sites for hydroxylation is 2. The molecule has 0 fully saturated rings. The molecular weight excluding hydrogens is 312 g/mol. The lowest BCUT2D eigenvalue weighted by Gasteiger charge is -2.14. The maximum atomic E-state index is 6.35. The van der Waals surface area contributed by atoms with Crippen molar-refractivity contribution in [2.24, 2.45) is 0 Å². The molecule has 2 aromatic carbocycles. The summed E-state index contributed by atoms with van der Waals surface area (Å²) in [6, 6.07) is 9.82. The topological polar surface area (TPSA) is 52.0 Å². The zero-order valence-corrected chi connectivity index (χ0v) is 13.9. The van der Waals surface area contributed by atoms with Gasteiger partial charge in [0.2, 0.25) is 0 Å². The minimum atomic E-state index is 0.599. The molecule has 1 heterocycles. The van der Waals surface area contributed by atoms with E-state index in [2.05, 4.69) is 15.4 Å². The number of methoxy groups -OCH3 is 1. The first-order valence-corrected chi connectivity index (χ1v) is 7.53. The van der Waals surface area contributed by atoms with Crippen LogP contribution in [0.4, 0.5) is 11.4 Å². The predicted octanol–water partition coefficient (Wildman–Crippen LogP) is 4.29. The first-order valence-electron chi connectivity index (χ1n) is 7.15. The number of hydrogen-bond donors (Lipinski definition) is 1. The largest absolute Gasteiger partial charge is 0.496 e. The zero-order chi connectivity index (χ0) is 16.4. The Balaban J connectivity index is 1.88. The van der Waals surface area contributed by atoms with Gasteiger partial charge in [0, 0.05) is 11.4 Å². The summed E-state index contributed by atoms with van der Waals surface area (Å²) in [7, 11) is 1.69. The Morgan fingerprint density at radius 2 is 1.83 bits per heavy atom. The molecule has 0 saturated heterocycles. The number of anilines is 2. The zero-order valence-electron chi connectivity index (χ0n) is 13.2. The van der Waals surface area contributed by atoms with Crippen LogP contribution in [0.25, 0.3) is 5.69 Å². The number of halogens is 1. The summed E-state index contributed by atoms with van der Waals surface area (Å²) in [5, 5.41) is 8.05. The van der Waals surface area contributed by atoms with E-state index < -0.39 is 0 Å². The Bertz CT molecular complexity index is 808. The first-order chi connectivity index (χ1) is 11.1. The van der Waals surface area contributed by atoms with Gasteiger partial charge in [-0.25, -0.2) is 9.67 Å². The maximum Gasteiger partial charge on any atom is 0.138 e. The van der Waals surface area contributed by atoms with E-state index in [-0.39, 0.29) is 0 Å². The molecule has 0 bridgehead atoms. The highest BCUT2D eigenvalue weighted by Crippen LogP contribution is 2.30. The summed E-state index contributed by atoms with van der Waals surface area (Å²) in [5.74, 6) is 0.912. The number of nitrogens with zero attached hydrogens (tertiary/aromatic N) is 3. The molecule has 3 aromatic rings. The van der Waals surface area contributed by atoms with Crippen molar-refractivity contribution in [3.63, 3.8) is 0 Å². The maximum absolute atomic E-state index is 6.35. The highest BCUT2D eigenvalue weighted by molar-refractivity contribution is 6.32. The van der Waals surface area contributed by atoms with E-state index in [9.17, 15) is 0 Å². The molecule has 3 rings (SSSR count). The molecule has 5 nitrogen and oxygen atoms in total. The highest BCUT2D eigenvalue weighted by atomic mass is 35.5. The summed E-state index contributed by atoms with van der Waals surface area (Å²) in [5.41, 5.74) is 4.85. The van der Waals surface area contributed by atoms with E-state index in [1.807, 2.05) is 44.2 Å². The Hall–Kier alpha value is -2.53. The van der Waals surface area contributed by atoms with E-state index in [1.165, 1.54) is 6.33 Å². The van der Waals surface area contributed by atoms with Crippen LogP contribution in [-0.4, -0.2) is 21.9 Å². The third kappa shape index (κ3) is 3.14. The van der Waals surface area contributed by atoms with Gasteiger partial charge in [-0.2, -0.15) is 5.10 Å². The minimum absolute atomic E-state index is 0.599. The Kier molecular flexibility index (Phi) is 4.21. The van der Waals surface area contributed by atoms with Crippen molar-refractivity contribution < 1.29 is 4.74 Å². The highest BCUT2D eigenvalue weighted by Gasteiger charge is 2.08. The van der Waals surface area contributed by atoms with E-state index >= 15 is 0 Å². The molecule has 0 atom stereocenters. The van der Waals surface area contributed by atoms with Crippen molar-refractivity contribution in [1.29, 1.82) is 0 Å². The van der Waals surface area contributed by atoms with Crippen molar-refractivity contribution in [1.82, 2.24) is 14.8 Å². The third-order valence-corrected chi connectivity index (χ3v) is 3.87. The molecule has 0 amide bonds. The Morgan fingerprint density at radius 3 is 2.39 bits per heavy atom. The predicted molar refractivity (Wildman–Crippen MR) is 92.1 cm³/mol. The molecule has 0 aliphatic rings. The van der Waals surface area contributed by atoms with Crippen molar-refractivity contribution in [2.45, 2.75) is 13.8 Å². The van der Waals surface area contributed by atoms with Crippen LogP contribution in [0.2, 0.25) is 5.02 Å². The lowest BCUT2D eigenvalue weighted by molar-refractivity contribution is 0.408. The van der Waals surface area contributed by atoms with Gasteiger partial charge >= 0.3 is 0 Å². The van der Waals surface area contributed by atoms with Gasteiger partial charge in [0.05, 0.1) is 17.8 Å². The second-order valence-electron chi connectivity index (χ2n) is 5.27. The van der Waals surface area contributed by atoms with Crippen LogP contribution in [0.3, 0.4) is 0 Å². The van der Waals surface area contributed by atoms with E-state index in [4.69, 9.17) is 16.3 Å². The number of nitrogens with one attached hydrogen (secondary N) is 1. The molecule has 0 aliphatic heterocycles. The fraction of sp³-hybridized carbons (Fsp3) is 0.176. The molecule has 1 N–H and O–H groups in total. The quantitative estimate of drug-likeness (QED) is 0.776. The van der Waals surface area contributed by atoms with Crippen molar-refractivity contribution in [3.05, 3.63) is 59.1 Å². The number of benzene rings is 2. The van der Waals surface area contributed by atoms with Crippen LogP contribution in [0.1, 0.15) is 11.1 Å². The molecule has 1 aromatic heterocycles. The normalized spacial score (nSPS) is 10.6. The molecule has 0 aliphatic carbocycles. The van der Waals surface area contributed by atoms with Crippen LogP contribution in [0, 0.1) is 13.8 Å². The van der Waals surface area contributed by atoms with Crippen LogP contribution >= 0.6 is 11.6 Å². The second kappa shape index (κ2) is 6.30. The Labute approximate surface area is 139 Å². The van der Waals surface area contributed by atoms with Crippen molar-refractivity contribution in [2.75, 3.05) is 12.4 Å². The van der Waals surface area contributed by atoms with Gasteiger partial charge < -0.3 is 10.1 Å². The van der Waals surface area contributed by atoms with Gasteiger partial charge in [0.1, 0.15) is 18.4 Å². The average molecular weight is 329 g/mol. The monoisotopic (exact) mass is 328 g/mol. The number of rotatable bonds is 4. The van der Waals surface area contributed by atoms with Gasteiger partial charge in [-0.3, -0.25) is 0 Å². The van der Waals surface area contributed by atoms with Crippen LogP contribution in [0.5, 0.6) is 5.75 Å². The van der Waals surface area contributed by atoms with E-state index in [1.54, 1.807) is 18.1 Å². The van der Waals surface area contributed by atoms with Crippen LogP contribution in [-0.2, 0) is 0 Å². The van der Waals surface area contributed by atoms with Crippen molar-refractivity contribution >= 4 is 23.0 Å². The SMILES string of the molecule is COc1c(C)cc(Nc2ccc(-n3cncn3)c(Cl)c2)cc1C. The molecule has 6 heteroatoms. The molecule has 0 unspecified atom stereocenters. The van der Waals surface area contributed by atoms with Crippen LogP contribution in [0.15, 0.2) is 43.0 Å². The summed E-state index contributed by atoms with van der Waals surface area (Å²) >= 11 is 6.35. The lowest BCUT2D eigenvalue weighted by Crippen LogP contribution is -1.98. The van der Waals surface area contributed by atoms with Gasteiger partial charge in [0.25, 0.3) is 0 Å². The molecular formula is C17H17ClN4O. The summed E-state index contributed by atoms with van der Waals surface area (Å²) in [6.45, 7) is 4.05. The lowest BCUT2D eigenvalue weighted by atomic mass is 10.1. The smallest absolute Gasteiger partial charge is 0.138 e. The van der Waals surface area contributed by atoms with Gasteiger partial charge in [0.15, 0.2) is 0 Å². The number of aromatic nitrogens is 3. The summed E-state index contributed by atoms with van der Waals surface area (Å²) < 4.78 is 7.03. The molecule has 23 heavy (non-hydrogen) atoms. The Morgan fingerprint density at radius 1 is 1.09 bits per heavy atom. The fourth-order valence-electron chi connectivity index (χ4n) is 2.61.